The number of hydrogen-bond donors (Lipinski definition) is 1. The van der Waals surface area contributed by atoms with Gasteiger partial charge in [0.2, 0.25) is 0 Å². The second-order valence-corrected chi connectivity index (χ2v) is 6.44. The predicted molar refractivity (Wildman–Crippen MR) is 80.4 cm³/mol. The van der Waals surface area contributed by atoms with Crippen molar-refractivity contribution in [2.45, 2.75) is 45.4 Å². The number of benzene rings is 1. The van der Waals surface area contributed by atoms with Crippen molar-refractivity contribution in [1.82, 2.24) is 0 Å². The highest BCUT2D eigenvalue weighted by molar-refractivity contribution is 5.34. The highest BCUT2D eigenvalue weighted by Gasteiger charge is 2.51. The molecule has 0 radical (unpaired) electrons. The summed E-state index contributed by atoms with van der Waals surface area (Å²) in [4.78, 5) is 0. The van der Waals surface area contributed by atoms with Gasteiger partial charge in [0.1, 0.15) is 0 Å². The summed E-state index contributed by atoms with van der Waals surface area (Å²) in [5, 5.41) is 0. The molecular weight excluding hydrogens is 234 g/mol. The summed E-state index contributed by atoms with van der Waals surface area (Å²) in [7, 11) is 0. The van der Waals surface area contributed by atoms with E-state index in [-0.39, 0.29) is 10.8 Å². The van der Waals surface area contributed by atoms with Crippen LogP contribution in [0.5, 0.6) is 0 Å². The zero-order chi connectivity index (χ0) is 13.9. The Morgan fingerprint density at radius 2 is 1.84 bits per heavy atom. The molecule has 1 saturated heterocycles. The molecule has 1 aliphatic rings. The van der Waals surface area contributed by atoms with Crippen molar-refractivity contribution in [2.75, 3.05) is 19.8 Å². The van der Waals surface area contributed by atoms with E-state index >= 15 is 0 Å². The molecule has 2 heteroatoms. The van der Waals surface area contributed by atoms with Crippen molar-refractivity contribution in [2.24, 2.45) is 11.1 Å². The quantitative estimate of drug-likeness (QED) is 0.853. The standard InChI is InChI=1S/C17H27NO/c1-4-5-14-6-8-15(9-7-14)17(12-19-13-17)16(2,3)10-11-18/h6-9H,4-5,10-13,18H2,1-3H3. The lowest BCUT2D eigenvalue weighted by Gasteiger charge is -2.53. The van der Waals surface area contributed by atoms with Gasteiger partial charge < -0.3 is 10.5 Å². The molecule has 1 fully saturated rings. The van der Waals surface area contributed by atoms with Gasteiger partial charge in [0.25, 0.3) is 0 Å². The van der Waals surface area contributed by atoms with Crippen LogP contribution >= 0.6 is 0 Å². The van der Waals surface area contributed by atoms with Gasteiger partial charge in [-0.2, -0.15) is 0 Å². The van der Waals surface area contributed by atoms with Gasteiger partial charge >= 0.3 is 0 Å². The van der Waals surface area contributed by atoms with Crippen molar-refractivity contribution < 1.29 is 4.74 Å². The highest BCUT2D eigenvalue weighted by atomic mass is 16.5. The third kappa shape index (κ3) is 2.56. The monoisotopic (exact) mass is 261 g/mol. The number of ether oxygens (including phenoxy) is 1. The Morgan fingerprint density at radius 1 is 1.21 bits per heavy atom. The van der Waals surface area contributed by atoms with E-state index in [0.29, 0.717) is 0 Å². The van der Waals surface area contributed by atoms with Crippen LogP contribution in [0.1, 0.15) is 44.7 Å². The molecule has 0 bridgehead atoms. The Bertz CT molecular complexity index is 404. The van der Waals surface area contributed by atoms with Crippen LogP contribution in [0, 0.1) is 5.41 Å². The molecule has 1 heterocycles. The molecule has 0 spiro atoms. The maximum absolute atomic E-state index is 5.79. The molecule has 0 atom stereocenters. The molecule has 106 valence electrons. The lowest BCUT2D eigenvalue weighted by Crippen LogP contribution is -2.57. The van der Waals surface area contributed by atoms with Crippen LogP contribution in [0.4, 0.5) is 0 Å². The minimum absolute atomic E-state index is 0.150. The smallest absolute Gasteiger partial charge is 0.0590 e. The second-order valence-electron chi connectivity index (χ2n) is 6.44. The zero-order valence-corrected chi connectivity index (χ0v) is 12.5. The number of hydrogen-bond acceptors (Lipinski definition) is 2. The van der Waals surface area contributed by atoms with Gasteiger partial charge in [0.05, 0.1) is 13.2 Å². The SMILES string of the molecule is CCCc1ccc(C2(C(C)(C)CCN)COC2)cc1. The van der Waals surface area contributed by atoms with E-state index in [0.717, 1.165) is 32.6 Å². The average Bonchev–Trinajstić information content (AvgIpc) is 2.29. The van der Waals surface area contributed by atoms with Gasteiger partial charge in [-0.05, 0) is 35.9 Å². The topological polar surface area (TPSA) is 35.2 Å². The molecule has 0 saturated carbocycles. The van der Waals surface area contributed by atoms with Gasteiger partial charge in [-0.25, -0.2) is 0 Å². The molecule has 2 N–H and O–H groups in total. The molecule has 1 aromatic carbocycles. The molecule has 1 aromatic rings. The first-order chi connectivity index (χ1) is 9.05. The van der Waals surface area contributed by atoms with Crippen molar-refractivity contribution in [3.63, 3.8) is 0 Å². The molecule has 0 aliphatic carbocycles. The first kappa shape index (κ1) is 14.5. The van der Waals surface area contributed by atoms with E-state index in [1.807, 2.05) is 0 Å². The molecule has 2 rings (SSSR count). The van der Waals surface area contributed by atoms with Gasteiger partial charge in [-0.3, -0.25) is 0 Å². The Hall–Kier alpha value is -0.860. The third-order valence-corrected chi connectivity index (χ3v) is 4.81. The largest absolute Gasteiger partial charge is 0.379 e. The maximum Gasteiger partial charge on any atom is 0.0590 e. The van der Waals surface area contributed by atoms with E-state index < -0.39 is 0 Å². The molecule has 0 aromatic heterocycles. The summed E-state index contributed by atoms with van der Waals surface area (Å²) in [6.07, 6.45) is 3.40. The number of aryl methyl sites for hydroxylation is 1. The Balaban J connectivity index is 2.26. The first-order valence-electron chi connectivity index (χ1n) is 7.43. The van der Waals surface area contributed by atoms with Crippen molar-refractivity contribution in [3.05, 3.63) is 35.4 Å². The number of rotatable bonds is 6. The van der Waals surface area contributed by atoms with Crippen LogP contribution in [0.2, 0.25) is 0 Å². The fourth-order valence-corrected chi connectivity index (χ4v) is 3.13. The van der Waals surface area contributed by atoms with Crippen molar-refractivity contribution in [3.8, 4) is 0 Å². The fraction of sp³-hybridized carbons (Fsp3) is 0.647. The maximum atomic E-state index is 5.79. The van der Waals surface area contributed by atoms with Crippen LogP contribution in [0.15, 0.2) is 24.3 Å². The lowest BCUT2D eigenvalue weighted by atomic mass is 9.59. The average molecular weight is 261 g/mol. The van der Waals surface area contributed by atoms with Gasteiger partial charge in [0, 0.05) is 5.41 Å². The molecule has 19 heavy (non-hydrogen) atoms. The van der Waals surface area contributed by atoms with Crippen LogP contribution in [-0.4, -0.2) is 19.8 Å². The molecule has 1 aliphatic heterocycles. The summed E-state index contributed by atoms with van der Waals surface area (Å²) in [6, 6.07) is 9.15. The summed E-state index contributed by atoms with van der Waals surface area (Å²) >= 11 is 0. The van der Waals surface area contributed by atoms with Gasteiger partial charge in [-0.1, -0.05) is 51.5 Å². The van der Waals surface area contributed by atoms with Crippen LogP contribution in [0.25, 0.3) is 0 Å². The summed E-state index contributed by atoms with van der Waals surface area (Å²) in [6.45, 7) is 9.26. The van der Waals surface area contributed by atoms with Gasteiger partial charge in [-0.15, -0.1) is 0 Å². The van der Waals surface area contributed by atoms with Crippen LogP contribution in [-0.2, 0) is 16.6 Å². The molecule has 2 nitrogen and oxygen atoms in total. The van der Waals surface area contributed by atoms with Gasteiger partial charge in [0.15, 0.2) is 0 Å². The van der Waals surface area contributed by atoms with Crippen molar-refractivity contribution in [1.29, 1.82) is 0 Å². The minimum atomic E-state index is 0.150. The third-order valence-electron chi connectivity index (χ3n) is 4.81. The Labute approximate surface area is 117 Å². The summed E-state index contributed by atoms with van der Waals surface area (Å²) in [5.74, 6) is 0. The second kappa shape index (κ2) is 5.64. The van der Waals surface area contributed by atoms with E-state index in [1.165, 1.54) is 17.5 Å². The van der Waals surface area contributed by atoms with Crippen molar-refractivity contribution >= 4 is 0 Å². The zero-order valence-electron chi connectivity index (χ0n) is 12.5. The summed E-state index contributed by atoms with van der Waals surface area (Å²) in [5.41, 5.74) is 8.97. The first-order valence-corrected chi connectivity index (χ1v) is 7.43. The fourth-order valence-electron chi connectivity index (χ4n) is 3.13. The lowest BCUT2D eigenvalue weighted by molar-refractivity contribution is -0.121. The van der Waals surface area contributed by atoms with E-state index in [4.69, 9.17) is 10.5 Å². The van der Waals surface area contributed by atoms with E-state index in [1.54, 1.807) is 0 Å². The van der Waals surface area contributed by atoms with Crippen LogP contribution in [0.3, 0.4) is 0 Å². The Kier molecular flexibility index (Phi) is 4.32. The molecule has 0 amide bonds. The Morgan fingerprint density at radius 3 is 2.26 bits per heavy atom. The number of nitrogens with two attached hydrogens (primary N) is 1. The molecule has 0 unspecified atom stereocenters. The minimum Gasteiger partial charge on any atom is -0.379 e. The highest BCUT2D eigenvalue weighted by Crippen LogP contribution is 2.49. The summed E-state index contributed by atoms with van der Waals surface area (Å²) < 4.78 is 5.56. The van der Waals surface area contributed by atoms with Crippen LogP contribution < -0.4 is 5.73 Å². The normalized spacial score (nSPS) is 18.1. The molecular formula is C17H27NO. The van der Waals surface area contributed by atoms with E-state index in [9.17, 15) is 0 Å². The van der Waals surface area contributed by atoms with E-state index in [2.05, 4.69) is 45.0 Å². The predicted octanol–water partition coefficient (Wildman–Crippen LogP) is 3.28.